The van der Waals surface area contributed by atoms with Gasteiger partial charge in [-0.1, -0.05) is 0 Å². The zero-order chi connectivity index (χ0) is 18.7. The van der Waals surface area contributed by atoms with Gasteiger partial charge in [0.1, 0.15) is 0 Å². The van der Waals surface area contributed by atoms with Gasteiger partial charge >= 0.3 is 6.03 Å². The summed E-state index contributed by atoms with van der Waals surface area (Å²) >= 11 is 0. The molecule has 3 N–H and O–H groups in total. The average Bonchev–Trinajstić information content (AvgIpc) is 3.18. The highest BCUT2D eigenvalue weighted by atomic mass is 127. The van der Waals surface area contributed by atoms with Crippen LogP contribution in [-0.2, 0) is 17.6 Å². The lowest BCUT2D eigenvalue weighted by molar-refractivity contribution is -0.124. The first-order chi connectivity index (χ1) is 12.5. The van der Waals surface area contributed by atoms with E-state index in [1.165, 1.54) is 10.5 Å². The van der Waals surface area contributed by atoms with Crippen LogP contribution in [0.2, 0.25) is 0 Å². The molecule has 1 aliphatic heterocycles. The van der Waals surface area contributed by atoms with E-state index in [0.29, 0.717) is 25.1 Å². The molecule has 0 radical (unpaired) electrons. The van der Waals surface area contributed by atoms with Gasteiger partial charge in [0.25, 0.3) is 0 Å². The lowest BCUT2D eigenvalue weighted by Gasteiger charge is -2.24. The Hall–Kier alpha value is -1.85. The minimum absolute atomic E-state index is 0. The number of aromatic nitrogens is 2. The number of carbonyl (C=O) groups excluding carboxylic acids is 2. The fraction of sp³-hybridized carbons (Fsp3) is 0.647. The van der Waals surface area contributed by atoms with Crippen molar-refractivity contribution in [2.24, 2.45) is 4.99 Å². The second-order valence-electron chi connectivity index (χ2n) is 6.96. The van der Waals surface area contributed by atoms with Crippen molar-refractivity contribution in [1.29, 1.82) is 0 Å². The first-order valence-corrected chi connectivity index (χ1v) is 9.10. The second-order valence-corrected chi connectivity index (χ2v) is 6.96. The molecule has 150 valence electrons. The standard InChI is InChI=1S/C17H27N7O2.HI/c1-11(2)24-10-12-4-5-13(8-14(12)22-24)21-16(18-3)19-6-7-23-15(25)9-20-17(23)26;/h10-11,13H,4-9H2,1-3H3,(H,20,26)(H2,18,19,21);1H. The Bertz CT molecular complexity index is 700. The Balaban J connectivity index is 0.00000261. The number of nitrogens with one attached hydrogen (secondary N) is 3. The van der Waals surface area contributed by atoms with Crippen molar-refractivity contribution in [2.45, 2.75) is 45.2 Å². The molecule has 0 saturated carbocycles. The van der Waals surface area contributed by atoms with E-state index in [0.717, 1.165) is 25.0 Å². The summed E-state index contributed by atoms with van der Waals surface area (Å²) in [5.41, 5.74) is 2.48. The fourth-order valence-electron chi connectivity index (χ4n) is 3.26. The number of aryl methyl sites for hydroxylation is 1. The molecule has 1 fully saturated rings. The summed E-state index contributed by atoms with van der Waals surface area (Å²) in [7, 11) is 1.71. The number of amides is 3. The van der Waals surface area contributed by atoms with Gasteiger partial charge in [-0.3, -0.25) is 19.4 Å². The molecule has 2 heterocycles. The average molecular weight is 489 g/mol. The van der Waals surface area contributed by atoms with Crippen LogP contribution in [0.25, 0.3) is 0 Å². The molecule has 1 unspecified atom stereocenters. The molecule has 27 heavy (non-hydrogen) atoms. The van der Waals surface area contributed by atoms with Crippen molar-refractivity contribution in [3.8, 4) is 0 Å². The minimum Gasteiger partial charge on any atom is -0.355 e. The van der Waals surface area contributed by atoms with Crippen LogP contribution in [0.3, 0.4) is 0 Å². The number of nitrogens with zero attached hydrogens (tertiary/aromatic N) is 4. The van der Waals surface area contributed by atoms with Gasteiger partial charge in [0.05, 0.1) is 12.2 Å². The molecule has 0 aromatic carbocycles. The summed E-state index contributed by atoms with van der Waals surface area (Å²) < 4.78 is 2.03. The van der Waals surface area contributed by atoms with Gasteiger partial charge in [-0.05, 0) is 32.3 Å². The zero-order valence-electron chi connectivity index (χ0n) is 16.0. The van der Waals surface area contributed by atoms with Crippen molar-refractivity contribution in [1.82, 2.24) is 30.6 Å². The van der Waals surface area contributed by atoms with E-state index in [-0.39, 0.29) is 48.5 Å². The number of urea groups is 1. The summed E-state index contributed by atoms with van der Waals surface area (Å²) in [6.45, 7) is 5.12. The van der Waals surface area contributed by atoms with Crippen LogP contribution in [0.15, 0.2) is 11.2 Å². The van der Waals surface area contributed by atoms with Gasteiger partial charge in [-0.25, -0.2) is 4.79 Å². The van der Waals surface area contributed by atoms with E-state index in [4.69, 9.17) is 5.10 Å². The highest BCUT2D eigenvalue weighted by molar-refractivity contribution is 14.0. The molecular formula is C17H28IN7O2. The van der Waals surface area contributed by atoms with Crippen LogP contribution >= 0.6 is 24.0 Å². The number of fused-ring (bicyclic) bond motifs is 1. The van der Waals surface area contributed by atoms with E-state index in [1.807, 2.05) is 4.68 Å². The fourth-order valence-corrected chi connectivity index (χ4v) is 3.26. The van der Waals surface area contributed by atoms with Crippen LogP contribution in [0, 0.1) is 0 Å². The molecule has 9 nitrogen and oxygen atoms in total. The number of aliphatic imine (C=N–C) groups is 1. The Morgan fingerprint density at radius 1 is 1.44 bits per heavy atom. The number of rotatable bonds is 5. The van der Waals surface area contributed by atoms with Crippen molar-refractivity contribution in [3.05, 3.63) is 17.5 Å². The van der Waals surface area contributed by atoms with Crippen molar-refractivity contribution in [2.75, 3.05) is 26.7 Å². The summed E-state index contributed by atoms with van der Waals surface area (Å²) in [6, 6.07) is 0.299. The van der Waals surface area contributed by atoms with Gasteiger partial charge in [0.2, 0.25) is 5.91 Å². The Morgan fingerprint density at radius 2 is 2.22 bits per heavy atom. The van der Waals surface area contributed by atoms with E-state index >= 15 is 0 Å². The molecule has 10 heteroatoms. The molecule has 2 aliphatic rings. The third-order valence-corrected chi connectivity index (χ3v) is 4.76. The lowest BCUT2D eigenvalue weighted by atomic mass is 9.94. The Morgan fingerprint density at radius 3 is 2.85 bits per heavy atom. The van der Waals surface area contributed by atoms with Crippen molar-refractivity contribution in [3.63, 3.8) is 0 Å². The third kappa shape index (κ3) is 5.11. The topological polar surface area (TPSA) is 104 Å². The van der Waals surface area contributed by atoms with Gasteiger partial charge in [-0.15, -0.1) is 24.0 Å². The highest BCUT2D eigenvalue weighted by Gasteiger charge is 2.28. The molecule has 1 saturated heterocycles. The largest absolute Gasteiger partial charge is 0.355 e. The normalized spacial score (nSPS) is 19.6. The third-order valence-electron chi connectivity index (χ3n) is 4.76. The predicted molar refractivity (Wildman–Crippen MR) is 113 cm³/mol. The number of guanidine groups is 1. The molecule has 1 atom stereocenters. The molecule has 3 amide bonds. The van der Waals surface area contributed by atoms with Gasteiger partial charge in [0.15, 0.2) is 5.96 Å². The van der Waals surface area contributed by atoms with Crippen LogP contribution in [-0.4, -0.2) is 65.3 Å². The molecule has 0 bridgehead atoms. The van der Waals surface area contributed by atoms with Crippen molar-refractivity contribution >= 4 is 41.9 Å². The van der Waals surface area contributed by atoms with Crippen LogP contribution in [0.4, 0.5) is 4.79 Å². The van der Waals surface area contributed by atoms with Crippen LogP contribution in [0.5, 0.6) is 0 Å². The Kier molecular flexibility index (Phi) is 7.45. The number of carbonyl (C=O) groups is 2. The van der Waals surface area contributed by atoms with E-state index in [2.05, 4.69) is 41.0 Å². The zero-order valence-corrected chi connectivity index (χ0v) is 18.3. The maximum absolute atomic E-state index is 11.6. The summed E-state index contributed by atoms with van der Waals surface area (Å²) in [5, 5.41) is 13.8. The Labute approximate surface area is 176 Å². The molecular weight excluding hydrogens is 461 g/mol. The lowest BCUT2D eigenvalue weighted by Crippen LogP contribution is -2.48. The van der Waals surface area contributed by atoms with Crippen LogP contribution < -0.4 is 16.0 Å². The van der Waals surface area contributed by atoms with E-state index in [9.17, 15) is 9.59 Å². The van der Waals surface area contributed by atoms with E-state index < -0.39 is 0 Å². The second kappa shape index (κ2) is 9.38. The maximum atomic E-state index is 11.6. The minimum atomic E-state index is -0.333. The quantitative estimate of drug-likeness (QED) is 0.244. The highest BCUT2D eigenvalue weighted by Crippen LogP contribution is 2.21. The van der Waals surface area contributed by atoms with Gasteiger partial charge in [-0.2, -0.15) is 5.10 Å². The molecule has 1 aromatic heterocycles. The number of hydrogen-bond donors (Lipinski definition) is 3. The summed E-state index contributed by atoms with van der Waals surface area (Å²) in [5.74, 6) is 0.481. The maximum Gasteiger partial charge on any atom is 0.324 e. The predicted octanol–water partition coefficient (Wildman–Crippen LogP) is 0.656. The monoisotopic (exact) mass is 489 g/mol. The van der Waals surface area contributed by atoms with Gasteiger partial charge in [0, 0.05) is 44.8 Å². The smallest absolute Gasteiger partial charge is 0.324 e. The van der Waals surface area contributed by atoms with Crippen LogP contribution in [0.1, 0.15) is 37.6 Å². The number of imide groups is 1. The summed E-state index contributed by atoms with van der Waals surface area (Å²) in [4.78, 5) is 28.6. The first kappa shape index (κ1) is 21.5. The molecule has 3 rings (SSSR count). The number of halogens is 1. The molecule has 1 aliphatic carbocycles. The number of hydrogen-bond acceptors (Lipinski definition) is 4. The van der Waals surface area contributed by atoms with Gasteiger partial charge < -0.3 is 16.0 Å². The SMILES string of the molecule is CN=C(NCCN1C(=O)CNC1=O)NC1CCc2cn(C(C)C)nc2C1.I. The van der Waals surface area contributed by atoms with E-state index in [1.54, 1.807) is 7.05 Å². The first-order valence-electron chi connectivity index (χ1n) is 9.10. The molecule has 1 aromatic rings. The van der Waals surface area contributed by atoms with Crippen molar-refractivity contribution < 1.29 is 9.59 Å². The molecule has 0 spiro atoms. The summed E-state index contributed by atoms with van der Waals surface area (Å²) in [6.07, 6.45) is 5.04.